The maximum atomic E-state index is 5.46. The van der Waals surface area contributed by atoms with E-state index < -0.39 is 0 Å². The lowest BCUT2D eigenvalue weighted by molar-refractivity contribution is 0.412. The average Bonchev–Trinajstić information content (AvgIpc) is 2.89. The fraction of sp³-hybridized carbons (Fsp3) is 0.667. The van der Waals surface area contributed by atoms with Gasteiger partial charge in [0.25, 0.3) is 0 Å². The van der Waals surface area contributed by atoms with Gasteiger partial charge in [0.2, 0.25) is 5.75 Å². The highest BCUT2D eigenvalue weighted by atomic mass is 16.5. The Labute approximate surface area is 102 Å². The van der Waals surface area contributed by atoms with Gasteiger partial charge in [-0.15, -0.1) is 0 Å². The lowest BCUT2D eigenvalue weighted by atomic mass is 10.4. The minimum Gasteiger partial charge on any atom is -0.490 e. The molecule has 0 aromatic carbocycles. The summed E-state index contributed by atoms with van der Waals surface area (Å²) in [6.45, 7) is 5.13. The van der Waals surface area contributed by atoms with Crippen molar-refractivity contribution >= 4 is 11.6 Å². The SMILES string of the molecule is CCCNc1ncnc(N2CCCC2)c1OC. The molecular weight excluding hydrogens is 216 g/mol. The first-order valence-electron chi connectivity index (χ1n) is 6.24. The molecule has 0 unspecified atom stereocenters. The Morgan fingerprint density at radius 3 is 2.76 bits per heavy atom. The van der Waals surface area contributed by atoms with Crippen molar-refractivity contribution in [3.05, 3.63) is 6.33 Å². The first-order valence-corrected chi connectivity index (χ1v) is 6.24. The van der Waals surface area contributed by atoms with E-state index in [4.69, 9.17) is 4.74 Å². The van der Waals surface area contributed by atoms with E-state index in [0.717, 1.165) is 43.4 Å². The summed E-state index contributed by atoms with van der Waals surface area (Å²) in [5, 5.41) is 3.27. The highest BCUT2D eigenvalue weighted by Gasteiger charge is 2.20. The van der Waals surface area contributed by atoms with Gasteiger partial charge in [-0.05, 0) is 19.3 Å². The van der Waals surface area contributed by atoms with Gasteiger partial charge in [0, 0.05) is 19.6 Å². The molecule has 1 aromatic heterocycles. The number of anilines is 2. The Kier molecular flexibility index (Phi) is 4.01. The normalized spacial score (nSPS) is 15.1. The molecule has 5 nitrogen and oxygen atoms in total. The maximum Gasteiger partial charge on any atom is 0.204 e. The highest BCUT2D eigenvalue weighted by molar-refractivity contribution is 5.65. The number of nitrogens with zero attached hydrogens (tertiary/aromatic N) is 3. The van der Waals surface area contributed by atoms with Crippen molar-refractivity contribution in [2.45, 2.75) is 26.2 Å². The van der Waals surface area contributed by atoms with Crippen LogP contribution in [0.15, 0.2) is 6.33 Å². The molecule has 5 heteroatoms. The molecule has 0 atom stereocenters. The van der Waals surface area contributed by atoms with Crippen LogP contribution < -0.4 is 15.0 Å². The van der Waals surface area contributed by atoms with Gasteiger partial charge < -0.3 is 15.0 Å². The van der Waals surface area contributed by atoms with Crippen LogP contribution in [0, 0.1) is 0 Å². The number of ether oxygens (including phenoxy) is 1. The third kappa shape index (κ3) is 2.60. The summed E-state index contributed by atoms with van der Waals surface area (Å²) in [5.74, 6) is 2.48. The van der Waals surface area contributed by atoms with Crippen molar-refractivity contribution in [3.63, 3.8) is 0 Å². The second-order valence-corrected chi connectivity index (χ2v) is 4.20. The van der Waals surface area contributed by atoms with Gasteiger partial charge in [-0.1, -0.05) is 6.92 Å². The van der Waals surface area contributed by atoms with Crippen LogP contribution in [-0.2, 0) is 0 Å². The minimum absolute atomic E-state index is 0.767. The van der Waals surface area contributed by atoms with Crippen LogP contribution in [0.3, 0.4) is 0 Å². The molecule has 0 radical (unpaired) electrons. The van der Waals surface area contributed by atoms with Crippen molar-refractivity contribution in [1.82, 2.24) is 9.97 Å². The molecule has 1 N–H and O–H groups in total. The zero-order chi connectivity index (χ0) is 12.1. The number of nitrogens with one attached hydrogen (secondary N) is 1. The standard InChI is InChI=1S/C12H20N4O/c1-3-6-13-11-10(17-2)12(15-9-14-11)16-7-4-5-8-16/h9H,3-8H2,1-2H3,(H,13,14,15). The van der Waals surface area contributed by atoms with Crippen LogP contribution in [-0.4, -0.2) is 36.7 Å². The highest BCUT2D eigenvalue weighted by Crippen LogP contribution is 2.33. The number of methoxy groups -OCH3 is 1. The third-order valence-corrected chi connectivity index (χ3v) is 2.94. The van der Waals surface area contributed by atoms with Crippen LogP contribution in [0.2, 0.25) is 0 Å². The second-order valence-electron chi connectivity index (χ2n) is 4.20. The lowest BCUT2D eigenvalue weighted by Crippen LogP contribution is -2.20. The first kappa shape index (κ1) is 12.0. The summed E-state index contributed by atoms with van der Waals surface area (Å²) >= 11 is 0. The molecule has 94 valence electrons. The van der Waals surface area contributed by atoms with Gasteiger partial charge in [0.1, 0.15) is 6.33 Å². The molecule has 0 bridgehead atoms. The Bertz CT molecular complexity index is 364. The Morgan fingerprint density at radius 1 is 1.35 bits per heavy atom. The predicted octanol–water partition coefficient (Wildman–Crippen LogP) is 1.91. The number of rotatable bonds is 5. The van der Waals surface area contributed by atoms with Crippen LogP contribution >= 0.6 is 0 Å². The summed E-state index contributed by atoms with van der Waals surface area (Å²) < 4.78 is 5.46. The molecule has 0 aliphatic carbocycles. The third-order valence-electron chi connectivity index (χ3n) is 2.94. The van der Waals surface area contributed by atoms with Gasteiger partial charge in [-0.25, -0.2) is 9.97 Å². The predicted molar refractivity (Wildman–Crippen MR) is 68.8 cm³/mol. The largest absolute Gasteiger partial charge is 0.490 e. The van der Waals surface area contributed by atoms with E-state index in [9.17, 15) is 0 Å². The van der Waals surface area contributed by atoms with E-state index >= 15 is 0 Å². The van der Waals surface area contributed by atoms with E-state index in [2.05, 4.69) is 27.1 Å². The summed E-state index contributed by atoms with van der Waals surface area (Å²) in [6, 6.07) is 0. The lowest BCUT2D eigenvalue weighted by Gasteiger charge is -2.20. The number of aromatic nitrogens is 2. The van der Waals surface area contributed by atoms with Gasteiger partial charge in [0.05, 0.1) is 7.11 Å². The molecule has 1 aromatic rings. The summed E-state index contributed by atoms with van der Waals surface area (Å²) in [5.41, 5.74) is 0. The van der Waals surface area contributed by atoms with Gasteiger partial charge in [-0.3, -0.25) is 0 Å². The van der Waals surface area contributed by atoms with Crippen LogP contribution in [0.25, 0.3) is 0 Å². The summed E-state index contributed by atoms with van der Waals surface area (Å²) in [7, 11) is 1.68. The van der Waals surface area contributed by atoms with Crippen molar-refractivity contribution in [1.29, 1.82) is 0 Å². The number of hydrogen-bond acceptors (Lipinski definition) is 5. The van der Waals surface area contributed by atoms with Crippen molar-refractivity contribution < 1.29 is 4.74 Å². The molecule has 17 heavy (non-hydrogen) atoms. The number of hydrogen-bond donors (Lipinski definition) is 1. The maximum absolute atomic E-state index is 5.46. The average molecular weight is 236 g/mol. The topological polar surface area (TPSA) is 50.3 Å². The Morgan fingerprint density at radius 2 is 2.12 bits per heavy atom. The van der Waals surface area contributed by atoms with E-state index in [1.54, 1.807) is 13.4 Å². The molecular formula is C12H20N4O. The van der Waals surface area contributed by atoms with Crippen molar-refractivity contribution in [2.75, 3.05) is 37.0 Å². The van der Waals surface area contributed by atoms with Gasteiger partial charge in [0.15, 0.2) is 11.6 Å². The summed E-state index contributed by atoms with van der Waals surface area (Å²) in [6.07, 6.45) is 5.12. The molecule has 2 heterocycles. The molecule has 1 fully saturated rings. The van der Waals surface area contributed by atoms with E-state index in [1.807, 2.05) is 0 Å². The first-order chi connectivity index (χ1) is 8.36. The fourth-order valence-corrected chi connectivity index (χ4v) is 2.08. The fourth-order valence-electron chi connectivity index (χ4n) is 2.08. The van der Waals surface area contributed by atoms with Crippen LogP contribution in [0.4, 0.5) is 11.6 Å². The molecule has 0 saturated carbocycles. The van der Waals surface area contributed by atoms with Crippen molar-refractivity contribution in [3.8, 4) is 5.75 Å². The zero-order valence-electron chi connectivity index (χ0n) is 10.6. The molecule has 0 amide bonds. The van der Waals surface area contributed by atoms with Crippen LogP contribution in [0.1, 0.15) is 26.2 Å². The van der Waals surface area contributed by atoms with E-state index in [0.29, 0.717) is 0 Å². The molecule has 0 spiro atoms. The van der Waals surface area contributed by atoms with E-state index in [1.165, 1.54) is 12.8 Å². The second kappa shape index (κ2) is 5.70. The Hall–Kier alpha value is -1.52. The van der Waals surface area contributed by atoms with E-state index in [-0.39, 0.29) is 0 Å². The minimum atomic E-state index is 0.767. The Balaban J connectivity index is 2.24. The van der Waals surface area contributed by atoms with Gasteiger partial charge >= 0.3 is 0 Å². The zero-order valence-corrected chi connectivity index (χ0v) is 10.6. The van der Waals surface area contributed by atoms with Crippen molar-refractivity contribution in [2.24, 2.45) is 0 Å². The summed E-state index contributed by atoms with van der Waals surface area (Å²) in [4.78, 5) is 10.9. The smallest absolute Gasteiger partial charge is 0.204 e. The molecule has 1 saturated heterocycles. The molecule has 1 aliphatic heterocycles. The van der Waals surface area contributed by atoms with Gasteiger partial charge in [-0.2, -0.15) is 0 Å². The monoisotopic (exact) mass is 236 g/mol. The van der Waals surface area contributed by atoms with Crippen LogP contribution in [0.5, 0.6) is 5.75 Å². The quantitative estimate of drug-likeness (QED) is 0.846. The molecule has 2 rings (SSSR count). The molecule has 1 aliphatic rings.